The van der Waals surface area contributed by atoms with Crippen molar-refractivity contribution in [2.75, 3.05) is 14.2 Å². The van der Waals surface area contributed by atoms with Crippen molar-refractivity contribution in [1.82, 2.24) is 10.6 Å². The highest BCUT2D eigenvalue weighted by Gasteiger charge is 2.27. The first-order valence-electron chi connectivity index (χ1n) is 8.27. The van der Waals surface area contributed by atoms with Crippen molar-refractivity contribution in [2.24, 2.45) is 0 Å². The monoisotopic (exact) mass is 408 g/mol. The van der Waals surface area contributed by atoms with E-state index in [0.717, 1.165) is 12.1 Å². The molecule has 0 aliphatic heterocycles. The molecular formula is C19H18F2N2O6. The molecule has 0 bridgehead atoms. The number of carbonyl (C=O) groups excluding carboxylic acids is 3. The lowest BCUT2D eigenvalue weighted by Crippen LogP contribution is -2.41. The number of nitrogens with one attached hydrogen (secondary N) is 2. The highest BCUT2D eigenvalue weighted by Crippen LogP contribution is 2.30. The first-order valence-corrected chi connectivity index (χ1v) is 8.27. The van der Waals surface area contributed by atoms with Gasteiger partial charge in [-0.2, -0.15) is 8.78 Å². The lowest BCUT2D eigenvalue weighted by atomic mass is 10.1. The molecule has 0 saturated heterocycles. The fourth-order valence-corrected chi connectivity index (χ4v) is 2.30. The topological polar surface area (TPSA) is 103 Å². The van der Waals surface area contributed by atoms with E-state index in [9.17, 15) is 23.2 Å². The number of urea groups is 1. The summed E-state index contributed by atoms with van der Waals surface area (Å²) in [7, 11) is 2.54. The molecule has 2 aromatic carbocycles. The molecule has 0 aliphatic rings. The molecule has 0 radical (unpaired) electrons. The van der Waals surface area contributed by atoms with Gasteiger partial charge in [0.25, 0.3) is 5.91 Å². The van der Waals surface area contributed by atoms with Gasteiger partial charge in [0.05, 0.1) is 12.7 Å². The van der Waals surface area contributed by atoms with Crippen molar-refractivity contribution < 1.29 is 37.4 Å². The number of hydrogen-bond acceptors (Lipinski definition) is 6. The number of ether oxygens (including phenoxy) is 3. The van der Waals surface area contributed by atoms with Gasteiger partial charge in [0, 0.05) is 12.6 Å². The number of halogens is 2. The molecule has 0 saturated carbocycles. The number of imide groups is 1. The summed E-state index contributed by atoms with van der Waals surface area (Å²) in [5.74, 6) is -2.19. The quantitative estimate of drug-likeness (QED) is 0.683. The summed E-state index contributed by atoms with van der Waals surface area (Å²) >= 11 is 0. The van der Waals surface area contributed by atoms with Gasteiger partial charge in [0.2, 0.25) is 6.10 Å². The number of rotatable bonds is 7. The van der Waals surface area contributed by atoms with Crippen LogP contribution in [0.2, 0.25) is 0 Å². The van der Waals surface area contributed by atoms with Crippen LogP contribution >= 0.6 is 0 Å². The van der Waals surface area contributed by atoms with Crippen molar-refractivity contribution in [3.8, 4) is 11.5 Å². The molecule has 1 atom stereocenters. The van der Waals surface area contributed by atoms with E-state index >= 15 is 0 Å². The number of esters is 1. The molecule has 0 aliphatic carbocycles. The maximum absolute atomic E-state index is 12.5. The van der Waals surface area contributed by atoms with Crippen LogP contribution in [0.15, 0.2) is 48.5 Å². The Morgan fingerprint density at radius 2 is 1.69 bits per heavy atom. The Morgan fingerprint density at radius 1 is 1.00 bits per heavy atom. The summed E-state index contributed by atoms with van der Waals surface area (Å²) in [6, 6.07) is 10.7. The maximum Gasteiger partial charge on any atom is 0.387 e. The van der Waals surface area contributed by atoms with E-state index in [2.05, 4.69) is 10.1 Å². The molecule has 0 unspecified atom stereocenters. The van der Waals surface area contributed by atoms with Crippen molar-refractivity contribution in [3.05, 3.63) is 59.7 Å². The Balaban J connectivity index is 2.27. The molecule has 2 N–H and O–H groups in total. The Kier molecular flexibility index (Phi) is 7.47. The zero-order chi connectivity index (χ0) is 21.4. The molecule has 0 fully saturated rings. The number of methoxy groups -OCH3 is 1. The van der Waals surface area contributed by atoms with Gasteiger partial charge in [-0.15, -0.1) is 0 Å². The van der Waals surface area contributed by atoms with Gasteiger partial charge < -0.3 is 19.5 Å². The second kappa shape index (κ2) is 10.0. The Bertz CT molecular complexity index is 876. The SMILES string of the molecule is CNC(=O)NC(=O)[C@H](OC(=O)c1ccc(OC(F)F)c(OC)c1)c1ccccc1. The van der Waals surface area contributed by atoms with Crippen molar-refractivity contribution in [3.63, 3.8) is 0 Å². The summed E-state index contributed by atoms with van der Waals surface area (Å²) < 4.78 is 39.4. The van der Waals surface area contributed by atoms with Crippen LogP contribution in [0.4, 0.5) is 13.6 Å². The van der Waals surface area contributed by atoms with E-state index in [1.54, 1.807) is 30.3 Å². The Morgan fingerprint density at radius 3 is 2.28 bits per heavy atom. The molecule has 154 valence electrons. The van der Waals surface area contributed by atoms with E-state index in [1.807, 2.05) is 5.32 Å². The molecule has 0 aromatic heterocycles. The predicted octanol–water partition coefficient (Wildman–Crippen LogP) is 2.65. The fraction of sp³-hybridized carbons (Fsp3) is 0.211. The summed E-state index contributed by atoms with van der Waals surface area (Å²) in [5.41, 5.74) is 0.254. The zero-order valence-electron chi connectivity index (χ0n) is 15.5. The molecule has 0 heterocycles. The third kappa shape index (κ3) is 5.89. The first kappa shape index (κ1) is 21.6. The van der Waals surface area contributed by atoms with Crippen LogP contribution in [0.3, 0.4) is 0 Å². The summed E-state index contributed by atoms with van der Waals surface area (Å²) in [5, 5.41) is 4.27. The van der Waals surface area contributed by atoms with Gasteiger partial charge in [0.1, 0.15) is 0 Å². The fourth-order valence-electron chi connectivity index (χ4n) is 2.30. The molecule has 0 spiro atoms. The molecular weight excluding hydrogens is 390 g/mol. The predicted molar refractivity (Wildman–Crippen MR) is 96.8 cm³/mol. The Hall–Kier alpha value is -3.69. The van der Waals surface area contributed by atoms with E-state index < -0.39 is 30.6 Å². The first-order chi connectivity index (χ1) is 13.8. The van der Waals surface area contributed by atoms with Crippen LogP contribution in [0.1, 0.15) is 22.0 Å². The van der Waals surface area contributed by atoms with Gasteiger partial charge in [-0.25, -0.2) is 9.59 Å². The van der Waals surface area contributed by atoms with Gasteiger partial charge in [0.15, 0.2) is 11.5 Å². The van der Waals surface area contributed by atoms with Gasteiger partial charge in [-0.05, 0) is 18.2 Å². The molecule has 2 aromatic rings. The molecule has 3 amide bonds. The van der Waals surface area contributed by atoms with Crippen LogP contribution in [-0.4, -0.2) is 38.7 Å². The minimum absolute atomic E-state index is 0.0721. The molecule has 8 nitrogen and oxygen atoms in total. The minimum Gasteiger partial charge on any atom is -0.493 e. The standard InChI is InChI=1S/C19H18F2N2O6/c1-22-19(26)23-16(24)15(11-6-4-3-5-7-11)29-17(25)12-8-9-13(28-18(20)21)14(10-12)27-2/h3-10,15,18H,1-2H3,(H2,22,23,24,26)/t15-/m1/s1. The number of carbonyl (C=O) groups is 3. The highest BCUT2D eigenvalue weighted by molar-refractivity contribution is 5.99. The molecule has 2 rings (SSSR count). The zero-order valence-corrected chi connectivity index (χ0v) is 15.5. The largest absolute Gasteiger partial charge is 0.493 e. The van der Waals surface area contributed by atoms with Crippen LogP contribution in [0.25, 0.3) is 0 Å². The average Bonchev–Trinajstić information content (AvgIpc) is 2.72. The lowest BCUT2D eigenvalue weighted by molar-refractivity contribution is -0.129. The van der Waals surface area contributed by atoms with Crippen molar-refractivity contribution >= 4 is 17.9 Å². The van der Waals surface area contributed by atoms with E-state index in [1.165, 1.54) is 20.2 Å². The minimum atomic E-state index is -3.07. The molecule has 29 heavy (non-hydrogen) atoms. The van der Waals surface area contributed by atoms with Crippen LogP contribution in [0, 0.1) is 0 Å². The van der Waals surface area contributed by atoms with Crippen molar-refractivity contribution in [2.45, 2.75) is 12.7 Å². The van der Waals surface area contributed by atoms with E-state index in [0.29, 0.717) is 5.56 Å². The Labute approximate surface area is 164 Å². The summed E-state index contributed by atoms with van der Waals surface area (Å²) in [6.07, 6.45) is -1.43. The van der Waals surface area contributed by atoms with Crippen LogP contribution < -0.4 is 20.1 Å². The van der Waals surface area contributed by atoms with E-state index in [4.69, 9.17) is 9.47 Å². The maximum atomic E-state index is 12.5. The van der Waals surface area contributed by atoms with Gasteiger partial charge in [-0.3, -0.25) is 10.1 Å². The second-order valence-corrected chi connectivity index (χ2v) is 5.51. The van der Waals surface area contributed by atoms with Crippen molar-refractivity contribution in [1.29, 1.82) is 0 Å². The molecule has 10 heteroatoms. The smallest absolute Gasteiger partial charge is 0.387 e. The number of hydrogen-bond donors (Lipinski definition) is 2. The lowest BCUT2D eigenvalue weighted by Gasteiger charge is -2.18. The van der Waals surface area contributed by atoms with Crippen LogP contribution in [-0.2, 0) is 9.53 Å². The summed E-state index contributed by atoms with van der Waals surface area (Å²) in [4.78, 5) is 36.4. The number of amides is 3. The number of benzene rings is 2. The van der Waals surface area contributed by atoms with Gasteiger partial charge >= 0.3 is 18.6 Å². The second-order valence-electron chi connectivity index (χ2n) is 5.51. The van der Waals surface area contributed by atoms with Gasteiger partial charge in [-0.1, -0.05) is 30.3 Å². The van der Waals surface area contributed by atoms with Crippen LogP contribution in [0.5, 0.6) is 11.5 Å². The third-order valence-electron chi connectivity index (χ3n) is 3.64. The van der Waals surface area contributed by atoms with E-state index in [-0.39, 0.29) is 17.1 Å². The number of alkyl halides is 2. The normalized spacial score (nSPS) is 11.3. The average molecular weight is 408 g/mol. The third-order valence-corrected chi connectivity index (χ3v) is 3.64. The summed E-state index contributed by atoms with van der Waals surface area (Å²) in [6.45, 7) is -3.07. The highest BCUT2D eigenvalue weighted by atomic mass is 19.3.